The Balaban J connectivity index is 1.91. The molecule has 23 heavy (non-hydrogen) atoms. The molecule has 2 aromatic carbocycles. The van der Waals surface area contributed by atoms with Gasteiger partial charge >= 0.3 is 0 Å². The van der Waals surface area contributed by atoms with E-state index >= 15 is 0 Å². The van der Waals surface area contributed by atoms with Gasteiger partial charge in [-0.2, -0.15) is 0 Å². The Hall–Kier alpha value is -2.11. The molecule has 116 valence electrons. The van der Waals surface area contributed by atoms with Gasteiger partial charge in [0.2, 0.25) is 0 Å². The van der Waals surface area contributed by atoms with Crippen molar-refractivity contribution in [3.05, 3.63) is 64.6 Å². The van der Waals surface area contributed by atoms with Crippen molar-refractivity contribution in [1.29, 1.82) is 0 Å². The zero-order chi connectivity index (χ0) is 16.4. The van der Waals surface area contributed by atoms with E-state index in [1.165, 1.54) is 17.3 Å². The summed E-state index contributed by atoms with van der Waals surface area (Å²) >= 11 is 6.70. The van der Waals surface area contributed by atoms with Gasteiger partial charge in [-0.05, 0) is 30.7 Å². The van der Waals surface area contributed by atoms with E-state index in [9.17, 15) is 4.79 Å². The summed E-state index contributed by atoms with van der Waals surface area (Å²) in [5.74, 6) is 0.591. The number of hydrogen-bond acceptors (Lipinski definition) is 4. The monoisotopic (exact) mass is 341 g/mol. The average molecular weight is 341 g/mol. The molecule has 0 saturated carbocycles. The molecule has 0 aromatic heterocycles. The van der Waals surface area contributed by atoms with Gasteiger partial charge in [0.25, 0.3) is 5.91 Å². The highest BCUT2D eigenvalue weighted by molar-refractivity contribution is 8.27. The lowest BCUT2D eigenvalue weighted by molar-refractivity contribution is -0.113. The molecule has 5 heteroatoms. The highest BCUT2D eigenvalue weighted by atomic mass is 32.2. The number of benzene rings is 2. The van der Waals surface area contributed by atoms with Gasteiger partial charge in [-0.25, -0.2) is 0 Å². The summed E-state index contributed by atoms with van der Waals surface area (Å²) in [4.78, 5) is 14.9. The van der Waals surface area contributed by atoms with Crippen LogP contribution in [0, 0.1) is 6.92 Å². The molecular formula is C18H15NO2S2. The molecule has 0 aliphatic carbocycles. The lowest BCUT2D eigenvalue weighted by Crippen LogP contribution is -2.27. The quantitative estimate of drug-likeness (QED) is 0.611. The van der Waals surface area contributed by atoms with Crippen molar-refractivity contribution in [2.24, 2.45) is 0 Å². The standard InChI is InChI=1S/C18H15NO2S2/c1-12-6-8-13(9-7-12)10-16-17(20)19(18(22)23-16)14-4-3-5-15(11-14)21-2/h3-11H,1-2H3. The summed E-state index contributed by atoms with van der Waals surface area (Å²) in [6.45, 7) is 2.03. The smallest absolute Gasteiger partial charge is 0.270 e. The number of methoxy groups -OCH3 is 1. The topological polar surface area (TPSA) is 29.5 Å². The van der Waals surface area contributed by atoms with Crippen LogP contribution >= 0.6 is 24.0 Å². The number of anilines is 1. The van der Waals surface area contributed by atoms with Crippen LogP contribution in [0.15, 0.2) is 53.4 Å². The molecule has 1 heterocycles. The summed E-state index contributed by atoms with van der Waals surface area (Å²) in [6.07, 6.45) is 1.87. The van der Waals surface area contributed by atoms with Gasteiger partial charge < -0.3 is 4.74 Å². The molecule has 0 N–H and O–H groups in total. The molecule has 2 aromatic rings. The highest BCUT2D eigenvalue weighted by Crippen LogP contribution is 2.36. The van der Waals surface area contributed by atoms with Gasteiger partial charge in [0.05, 0.1) is 17.7 Å². The average Bonchev–Trinajstić information content (AvgIpc) is 2.83. The number of ether oxygens (including phenoxy) is 1. The number of nitrogens with zero attached hydrogens (tertiary/aromatic N) is 1. The van der Waals surface area contributed by atoms with E-state index < -0.39 is 0 Å². The zero-order valence-electron chi connectivity index (χ0n) is 12.8. The molecule has 3 rings (SSSR count). The second-order valence-electron chi connectivity index (χ2n) is 5.13. The third-order valence-electron chi connectivity index (χ3n) is 3.48. The molecule has 0 atom stereocenters. The molecule has 0 bridgehead atoms. The molecular weight excluding hydrogens is 326 g/mol. The van der Waals surface area contributed by atoms with Gasteiger partial charge in [-0.3, -0.25) is 9.69 Å². The predicted molar refractivity (Wildman–Crippen MR) is 99.8 cm³/mol. The Morgan fingerprint density at radius 3 is 2.61 bits per heavy atom. The number of thioether (sulfide) groups is 1. The minimum absolute atomic E-state index is 0.103. The van der Waals surface area contributed by atoms with Crippen molar-refractivity contribution in [3.8, 4) is 5.75 Å². The van der Waals surface area contributed by atoms with Gasteiger partial charge in [0, 0.05) is 6.07 Å². The van der Waals surface area contributed by atoms with E-state index in [1.807, 2.05) is 55.5 Å². The summed E-state index contributed by atoms with van der Waals surface area (Å²) in [5.41, 5.74) is 2.90. The number of aryl methyl sites for hydroxylation is 1. The molecule has 0 spiro atoms. The zero-order valence-corrected chi connectivity index (χ0v) is 14.4. The Kier molecular flexibility index (Phi) is 4.50. The third kappa shape index (κ3) is 3.30. The first-order chi connectivity index (χ1) is 11.1. The first kappa shape index (κ1) is 15.8. The van der Waals surface area contributed by atoms with E-state index in [2.05, 4.69) is 0 Å². The van der Waals surface area contributed by atoms with Crippen LogP contribution < -0.4 is 9.64 Å². The lowest BCUT2D eigenvalue weighted by Gasteiger charge is -2.15. The van der Waals surface area contributed by atoms with Gasteiger partial charge in [-0.1, -0.05) is 59.9 Å². The number of amides is 1. The third-order valence-corrected chi connectivity index (χ3v) is 4.78. The Labute approximate surface area is 144 Å². The number of hydrogen-bond donors (Lipinski definition) is 0. The first-order valence-electron chi connectivity index (χ1n) is 7.07. The van der Waals surface area contributed by atoms with Crippen LogP contribution in [0.4, 0.5) is 5.69 Å². The van der Waals surface area contributed by atoms with Crippen molar-refractivity contribution in [2.45, 2.75) is 6.92 Å². The van der Waals surface area contributed by atoms with E-state index in [-0.39, 0.29) is 5.91 Å². The summed E-state index contributed by atoms with van der Waals surface area (Å²) < 4.78 is 5.75. The summed E-state index contributed by atoms with van der Waals surface area (Å²) in [7, 11) is 1.60. The largest absolute Gasteiger partial charge is 0.497 e. The minimum Gasteiger partial charge on any atom is -0.497 e. The van der Waals surface area contributed by atoms with Gasteiger partial charge in [0.15, 0.2) is 4.32 Å². The maximum Gasteiger partial charge on any atom is 0.270 e. The molecule has 0 unspecified atom stereocenters. The number of thiocarbonyl (C=S) groups is 1. The lowest BCUT2D eigenvalue weighted by atomic mass is 10.1. The van der Waals surface area contributed by atoms with E-state index in [0.29, 0.717) is 15.0 Å². The van der Waals surface area contributed by atoms with E-state index in [1.54, 1.807) is 18.1 Å². The van der Waals surface area contributed by atoms with Crippen LogP contribution in [0.3, 0.4) is 0 Å². The molecule has 1 saturated heterocycles. The molecule has 1 aliphatic heterocycles. The normalized spacial score (nSPS) is 16.3. The second-order valence-corrected chi connectivity index (χ2v) is 6.81. The fraction of sp³-hybridized carbons (Fsp3) is 0.111. The highest BCUT2D eigenvalue weighted by Gasteiger charge is 2.33. The molecule has 1 aliphatic rings. The number of rotatable bonds is 3. The fourth-order valence-corrected chi connectivity index (χ4v) is 3.55. The predicted octanol–water partition coefficient (Wildman–Crippen LogP) is 4.41. The summed E-state index contributed by atoms with van der Waals surface area (Å²) in [5, 5.41) is 0. The van der Waals surface area contributed by atoms with Crippen LogP contribution in [0.5, 0.6) is 5.75 Å². The Bertz CT molecular complexity index is 797. The van der Waals surface area contributed by atoms with Gasteiger partial charge in [0.1, 0.15) is 5.75 Å². The van der Waals surface area contributed by atoms with Gasteiger partial charge in [-0.15, -0.1) is 0 Å². The van der Waals surface area contributed by atoms with E-state index in [4.69, 9.17) is 17.0 Å². The van der Waals surface area contributed by atoms with Crippen LogP contribution in [-0.4, -0.2) is 17.3 Å². The molecule has 1 fully saturated rings. The number of carbonyl (C=O) groups excluding carboxylic acids is 1. The Morgan fingerprint density at radius 2 is 1.91 bits per heavy atom. The molecule has 3 nitrogen and oxygen atoms in total. The summed E-state index contributed by atoms with van der Waals surface area (Å²) in [6, 6.07) is 15.4. The van der Waals surface area contributed by atoms with Crippen LogP contribution in [-0.2, 0) is 4.79 Å². The SMILES string of the molecule is COc1cccc(N2C(=O)C(=Cc3ccc(C)cc3)SC2=S)c1. The number of carbonyl (C=O) groups is 1. The maximum atomic E-state index is 12.7. The van der Waals surface area contributed by atoms with Crippen molar-refractivity contribution >= 4 is 46.0 Å². The van der Waals surface area contributed by atoms with Crippen molar-refractivity contribution in [1.82, 2.24) is 0 Å². The van der Waals surface area contributed by atoms with Crippen LogP contribution in [0.2, 0.25) is 0 Å². The first-order valence-corrected chi connectivity index (χ1v) is 8.29. The maximum absolute atomic E-state index is 12.7. The van der Waals surface area contributed by atoms with Crippen LogP contribution in [0.25, 0.3) is 6.08 Å². The second kappa shape index (κ2) is 6.56. The minimum atomic E-state index is -0.103. The Morgan fingerprint density at radius 1 is 1.17 bits per heavy atom. The van der Waals surface area contributed by atoms with Crippen LogP contribution in [0.1, 0.15) is 11.1 Å². The van der Waals surface area contributed by atoms with Crippen molar-refractivity contribution in [3.63, 3.8) is 0 Å². The van der Waals surface area contributed by atoms with Crippen molar-refractivity contribution < 1.29 is 9.53 Å². The molecule has 1 amide bonds. The molecule has 0 radical (unpaired) electrons. The van der Waals surface area contributed by atoms with Crippen molar-refractivity contribution in [2.75, 3.05) is 12.0 Å². The fourth-order valence-electron chi connectivity index (χ4n) is 2.25. The van der Waals surface area contributed by atoms with E-state index in [0.717, 1.165) is 11.3 Å².